The maximum Gasteiger partial charge on any atom is 0.335 e. The number of carbonyl (C=O) groups excluding carboxylic acids is 1. The standard InChI is InChI=1S/C15H14N2O4/c16-8-11-3-4-13(21-11)14(18)17-6-5-9-1-2-10(15(19)20)7-12(9)17/h1-4,7H,5-6,8,16H2,(H,19,20). The molecule has 0 saturated carbocycles. The number of anilines is 1. The maximum atomic E-state index is 12.5. The molecule has 21 heavy (non-hydrogen) atoms. The Bertz CT molecular complexity index is 720. The van der Waals surface area contributed by atoms with Gasteiger partial charge in [0.05, 0.1) is 12.1 Å². The molecular formula is C15H14N2O4. The summed E-state index contributed by atoms with van der Waals surface area (Å²) in [5.74, 6) is -0.544. The quantitative estimate of drug-likeness (QED) is 0.894. The molecule has 1 amide bonds. The predicted octanol–water partition coefficient (Wildman–Crippen LogP) is 1.64. The van der Waals surface area contributed by atoms with Crippen LogP contribution in [-0.2, 0) is 13.0 Å². The van der Waals surface area contributed by atoms with Crippen LogP contribution in [0.2, 0.25) is 0 Å². The first-order valence-corrected chi connectivity index (χ1v) is 6.57. The summed E-state index contributed by atoms with van der Waals surface area (Å²) in [6.45, 7) is 0.739. The van der Waals surface area contributed by atoms with Crippen LogP contribution in [0.1, 0.15) is 32.2 Å². The molecular weight excluding hydrogens is 272 g/mol. The summed E-state index contributed by atoms with van der Waals surface area (Å²) in [5, 5.41) is 9.06. The number of furan rings is 1. The molecule has 0 spiro atoms. The minimum absolute atomic E-state index is 0.163. The van der Waals surface area contributed by atoms with Crippen molar-refractivity contribution >= 4 is 17.6 Å². The van der Waals surface area contributed by atoms with E-state index in [2.05, 4.69) is 0 Å². The number of amides is 1. The Morgan fingerprint density at radius 1 is 1.29 bits per heavy atom. The van der Waals surface area contributed by atoms with Gasteiger partial charge >= 0.3 is 5.97 Å². The SMILES string of the molecule is NCc1ccc(C(=O)N2CCc3ccc(C(=O)O)cc32)o1. The third-order valence-corrected chi connectivity index (χ3v) is 3.55. The van der Waals surface area contributed by atoms with Gasteiger partial charge in [0.25, 0.3) is 5.91 Å². The fraction of sp³-hybridized carbons (Fsp3) is 0.200. The molecule has 0 atom stereocenters. The highest BCUT2D eigenvalue weighted by molar-refractivity contribution is 6.06. The molecule has 1 aromatic heterocycles. The number of carbonyl (C=O) groups is 2. The van der Waals surface area contributed by atoms with Crippen LogP contribution < -0.4 is 10.6 Å². The first kappa shape index (κ1) is 13.4. The largest absolute Gasteiger partial charge is 0.478 e. The number of hydrogen-bond acceptors (Lipinski definition) is 4. The van der Waals surface area contributed by atoms with Gasteiger partial charge in [0.1, 0.15) is 5.76 Å². The highest BCUT2D eigenvalue weighted by Gasteiger charge is 2.28. The second-order valence-corrected chi connectivity index (χ2v) is 4.83. The highest BCUT2D eigenvalue weighted by atomic mass is 16.4. The molecule has 0 aliphatic carbocycles. The lowest BCUT2D eigenvalue weighted by Crippen LogP contribution is -2.28. The minimum atomic E-state index is -1.01. The van der Waals surface area contributed by atoms with Gasteiger partial charge in [-0.25, -0.2) is 4.79 Å². The van der Waals surface area contributed by atoms with E-state index in [1.165, 1.54) is 6.07 Å². The zero-order chi connectivity index (χ0) is 15.0. The van der Waals surface area contributed by atoms with E-state index in [9.17, 15) is 9.59 Å². The molecule has 1 aromatic carbocycles. The van der Waals surface area contributed by atoms with Crippen LogP contribution in [0.25, 0.3) is 0 Å². The van der Waals surface area contributed by atoms with Crippen molar-refractivity contribution in [1.82, 2.24) is 0 Å². The number of carboxylic acid groups (broad SMARTS) is 1. The molecule has 2 aromatic rings. The third-order valence-electron chi connectivity index (χ3n) is 3.55. The van der Waals surface area contributed by atoms with Crippen molar-refractivity contribution in [3.05, 3.63) is 53.0 Å². The molecule has 0 saturated heterocycles. The van der Waals surface area contributed by atoms with Crippen molar-refractivity contribution in [2.75, 3.05) is 11.4 Å². The molecule has 0 unspecified atom stereocenters. The number of benzene rings is 1. The molecule has 0 fully saturated rings. The molecule has 1 aliphatic heterocycles. The normalized spacial score (nSPS) is 13.3. The number of nitrogens with zero attached hydrogens (tertiary/aromatic N) is 1. The van der Waals surface area contributed by atoms with E-state index in [0.29, 0.717) is 24.4 Å². The summed E-state index contributed by atoms with van der Waals surface area (Å²) in [6, 6.07) is 8.07. The number of nitrogens with two attached hydrogens (primary N) is 1. The molecule has 3 N–H and O–H groups in total. The van der Waals surface area contributed by atoms with Crippen molar-refractivity contribution in [1.29, 1.82) is 0 Å². The second-order valence-electron chi connectivity index (χ2n) is 4.83. The molecule has 108 valence electrons. The molecule has 0 bridgehead atoms. The average Bonchev–Trinajstić information content (AvgIpc) is 3.12. The van der Waals surface area contributed by atoms with Gasteiger partial charge < -0.3 is 20.2 Å². The average molecular weight is 286 g/mol. The van der Waals surface area contributed by atoms with Crippen molar-refractivity contribution in [2.45, 2.75) is 13.0 Å². The topological polar surface area (TPSA) is 96.8 Å². The van der Waals surface area contributed by atoms with Crippen molar-refractivity contribution in [3.8, 4) is 0 Å². The van der Waals surface area contributed by atoms with Crippen LogP contribution in [0.5, 0.6) is 0 Å². The Hall–Kier alpha value is -2.60. The van der Waals surface area contributed by atoms with Crippen LogP contribution >= 0.6 is 0 Å². The number of hydrogen-bond donors (Lipinski definition) is 2. The summed E-state index contributed by atoms with van der Waals surface area (Å²) in [6.07, 6.45) is 0.700. The minimum Gasteiger partial charge on any atom is -0.478 e. The lowest BCUT2D eigenvalue weighted by atomic mass is 10.1. The van der Waals surface area contributed by atoms with Crippen LogP contribution in [0.3, 0.4) is 0 Å². The lowest BCUT2D eigenvalue weighted by molar-refractivity contribution is 0.0696. The van der Waals surface area contributed by atoms with E-state index in [1.54, 1.807) is 29.2 Å². The van der Waals surface area contributed by atoms with Gasteiger partial charge in [0.15, 0.2) is 5.76 Å². The van der Waals surface area contributed by atoms with Crippen molar-refractivity contribution in [2.24, 2.45) is 5.73 Å². The van der Waals surface area contributed by atoms with Crippen molar-refractivity contribution < 1.29 is 19.1 Å². The highest BCUT2D eigenvalue weighted by Crippen LogP contribution is 2.30. The summed E-state index contributed by atoms with van der Waals surface area (Å²) in [5.41, 5.74) is 7.21. The summed E-state index contributed by atoms with van der Waals surface area (Å²) in [7, 11) is 0. The van der Waals surface area contributed by atoms with E-state index >= 15 is 0 Å². The second kappa shape index (κ2) is 5.06. The van der Waals surface area contributed by atoms with Crippen LogP contribution in [-0.4, -0.2) is 23.5 Å². The number of fused-ring (bicyclic) bond motifs is 1. The number of aromatic carboxylic acids is 1. The molecule has 1 aliphatic rings. The Balaban J connectivity index is 1.94. The van der Waals surface area contributed by atoms with Gasteiger partial charge in [0, 0.05) is 12.2 Å². The van der Waals surface area contributed by atoms with Gasteiger partial charge in [0.2, 0.25) is 0 Å². The Labute approximate surface area is 120 Å². The van der Waals surface area contributed by atoms with Crippen molar-refractivity contribution in [3.63, 3.8) is 0 Å². The van der Waals surface area contributed by atoms with Gasteiger partial charge in [-0.2, -0.15) is 0 Å². The zero-order valence-corrected chi connectivity index (χ0v) is 11.2. The first-order valence-electron chi connectivity index (χ1n) is 6.57. The van der Waals surface area contributed by atoms with E-state index < -0.39 is 5.97 Å². The maximum absolute atomic E-state index is 12.5. The monoisotopic (exact) mass is 286 g/mol. The summed E-state index contributed by atoms with van der Waals surface area (Å²) < 4.78 is 5.37. The Kier molecular flexibility index (Phi) is 3.23. The summed E-state index contributed by atoms with van der Waals surface area (Å²) >= 11 is 0. The number of rotatable bonds is 3. The zero-order valence-electron chi connectivity index (χ0n) is 11.2. The lowest BCUT2D eigenvalue weighted by Gasteiger charge is -2.16. The van der Waals surface area contributed by atoms with Gasteiger partial charge in [-0.05, 0) is 36.2 Å². The van der Waals surface area contributed by atoms with Crippen LogP contribution in [0.4, 0.5) is 5.69 Å². The first-order chi connectivity index (χ1) is 10.1. The molecule has 6 nitrogen and oxygen atoms in total. The summed E-state index contributed by atoms with van der Waals surface area (Å²) in [4.78, 5) is 25.1. The number of carboxylic acids is 1. The predicted molar refractivity (Wildman–Crippen MR) is 75.4 cm³/mol. The Morgan fingerprint density at radius 2 is 2.10 bits per heavy atom. The Morgan fingerprint density at radius 3 is 2.76 bits per heavy atom. The fourth-order valence-corrected chi connectivity index (χ4v) is 2.46. The molecule has 3 rings (SSSR count). The molecule has 0 radical (unpaired) electrons. The molecule has 2 heterocycles. The van der Waals surface area contributed by atoms with Gasteiger partial charge in [-0.15, -0.1) is 0 Å². The van der Waals surface area contributed by atoms with E-state index in [-0.39, 0.29) is 23.8 Å². The fourth-order valence-electron chi connectivity index (χ4n) is 2.46. The smallest absolute Gasteiger partial charge is 0.335 e. The van der Waals surface area contributed by atoms with Gasteiger partial charge in [-0.1, -0.05) is 6.07 Å². The van der Waals surface area contributed by atoms with Crippen LogP contribution in [0, 0.1) is 0 Å². The van der Waals surface area contributed by atoms with Crippen LogP contribution in [0.15, 0.2) is 34.7 Å². The third kappa shape index (κ3) is 2.30. The van der Waals surface area contributed by atoms with Gasteiger partial charge in [-0.3, -0.25) is 4.79 Å². The van der Waals surface area contributed by atoms with E-state index in [0.717, 1.165) is 5.56 Å². The van der Waals surface area contributed by atoms with E-state index in [1.807, 2.05) is 0 Å². The molecule has 6 heteroatoms. The van der Waals surface area contributed by atoms with E-state index in [4.69, 9.17) is 15.3 Å².